The molecule has 1 atom stereocenters. The first-order valence-electron chi connectivity index (χ1n) is 4.62. The lowest BCUT2D eigenvalue weighted by Gasteiger charge is -2.26. The van der Waals surface area contributed by atoms with E-state index in [1.807, 2.05) is 20.8 Å². The standard InChI is InChI=1S/C10H18N2O2/c1-10(2,3)9(13)8-7(14-5)6-11-12(8)4/h6,9,13H,1-5H3. The molecule has 1 N–H and O–H groups in total. The van der Waals surface area contributed by atoms with E-state index in [1.165, 1.54) is 0 Å². The fraction of sp³-hybridized carbons (Fsp3) is 0.700. The first kappa shape index (κ1) is 11.0. The molecule has 0 aliphatic carbocycles. The summed E-state index contributed by atoms with van der Waals surface area (Å²) in [5.41, 5.74) is 0.501. The summed E-state index contributed by atoms with van der Waals surface area (Å²) in [5, 5.41) is 14.2. The number of aliphatic hydroxyl groups is 1. The van der Waals surface area contributed by atoms with Crippen LogP contribution in [0.15, 0.2) is 6.20 Å². The van der Waals surface area contributed by atoms with Crippen molar-refractivity contribution in [1.29, 1.82) is 0 Å². The minimum atomic E-state index is -0.579. The highest BCUT2D eigenvalue weighted by molar-refractivity contribution is 5.28. The second-order valence-electron chi connectivity index (χ2n) is 4.49. The lowest BCUT2D eigenvalue weighted by Crippen LogP contribution is -2.21. The van der Waals surface area contributed by atoms with Gasteiger partial charge in [0.1, 0.15) is 11.8 Å². The summed E-state index contributed by atoms with van der Waals surface area (Å²) in [7, 11) is 3.38. The zero-order valence-electron chi connectivity index (χ0n) is 9.40. The van der Waals surface area contributed by atoms with Crippen LogP contribution in [0.2, 0.25) is 0 Å². The third-order valence-electron chi connectivity index (χ3n) is 2.25. The van der Waals surface area contributed by atoms with Crippen molar-refractivity contribution in [2.45, 2.75) is 26.9 Å². The Balaban J connectivity index is 3.11. The molecule has 0 saturated carbocycles. The summed E-state index contributed by atoms with van der Waals surface area (Å²) in [6.07, 6.45) is 1.04. The van der Waals surface area contributed by atoms with Gasteiger partial charge in [-0.15, -0.1) is 0 Å². The van der Waals surface area contributed by atoms with Gasteiger partial charge in [0.2, 0.25) is 0 Å². The molecule has 0 aliphatic heterocycles. The number of nitrogens with zero attached hydrogens (tertiary/aromatic N) is 2. The molecule has 80 valence electrons. The second kappa shape index (κ2) is 3.61. The van der Waals surface area contributed by atoms with Gasteiger partial charge in [-0.3, -0.25) is 4.68 Å². The monoisotopic (exact) mass is 198 g/mol. The van der Waals surface area contributed by atoms with Crippen LogP contribution in [0.1, 0.15) is 32.6 Å². The quantitative estimate of drug-likeness (QED) is 0.783. The van der Waals surface area contributed by atoms with E-state index in [1.54, 1.807) is 25.0 Å². The van der Waals surface area contributed by atoms with Gasteiger partial charge >= 0.3 is 0 Å². The van der Waals surface area contributed by atoms with Gasteiger partial charge in [0.05, 0.1) is 13.3 Å². The van der Waals surface area contributed by atoms with Crippen LogP contribution in [0.25, 0.3) is 0 Å². The van der Waals surface area contributed by atoms with E-state index in [4.69, 9.17) is 4.74 Å². The molecule has 0 aliphatic rings. The molecule has 14 heavy (non-hydrogen) atoms. The molecule has 1 heterocycles. The van der Waals surface area contributed by atoms with Crippen LogP contribution in [0.3, 0.4) is 0 Å². The Bertz CT molecular complexity index is 312. The number of aryl methyl sites for hydroxylation is 1. The van der Waals surface area contributed by atoms with Crippen molar-refractivity contribution in [3.63, 3.8) is 0 Å². The van der Waals surface area contributed by atoms with Crippen LogP contribution in [0.5, 0.6) is 5.75 Å². The molecule has 0 spiro atoms. The molecular weight excluding hydrogens is 180 g/mol. The maximum atomic E-state index is 10.1. The number of rotatable bonds is 2. The van der Waals surface area contributed by atoms with Gasteiger partial charge < -0.3 is 9.84 Å². The van der Waals surface area contributed by atoms with Gasteiger partial charge in [-0.1, -0.05) is 20.8 Å². The summed E-state index contributed by atoms with van der Waals surface area (Å²) >= 11 is 0. The average Bonchev–Trinajstić information content (AvgIpc) is 2.43. The Morgan fingerprint density at radius 2 is 2.07 bits per heavy atom. The van der Waals surface area contributed by atoms with Crippen molar-refractivity contribution in [3.05, 3.63) is 11.9 Å². The number of hydrogen-bond acceptors (Lipinski definition) is 3. The third-order valence-corrected chi connectivity index (χ3v) is 2.25. The maximum absolute atomic E-state index is 10.1. The highest BCUT2D eigenvalue weighted by Crippen LogP contribution is 2.36. The molecule has 1 rings (SSSR count). The fourth-order valence-corrected chi connectivity index (χ4v) is 1.31. The molecule has 0 radical (unpaired) electrons. The number of hydrogen-bond donors (Lipinski definition) is 1. The number of aromatic nitrogens is 2. The van der Waals surface area contributed by atoms with Crippen molar-refractivity contribution >= 4 is 0 Å². The number of aliphatic hydroxyl groups excluding tert-OH is 1. The van der Waals surface area contributed by atoms with Crippen molar-refractivity contribution in [3.8, 4) is 5.75 Å². The topological polar surface area (TPSA) is 47.3 Å². The third kappa shape index (κ3) is 1.90. The van der Waals surface area contributed by atoms with Crippen LogP contribution < -0.4 is 4.74 Å². The predicted molar refractivity (Wildman–Crippen MR) is 54.2 cm³/mol. The Morgan fingerprint density at radius 3 is 2.50 bits per heavy atom. The fourth-order valence-electron chi connectivity index (χ4n) is 1.31. The molecule has 1 unspecified atom stereocenters. The minimum absolute atomic E-state index is 0.221. The first-order valence-corrected chi connectivity index (χ1v) is 4.62. The van der Waals surface area contributed by atoms with Crippen LogP contribution >= 0.6 is 0 Å². The Hall–Kier alpha value is -1.03. The second-order valence-corrected chi connectivity index (χ2v) is 4.49. The van der Waals surface area contributed by atoms with Crippen molar-refractivity contribution in [2.24, 2.45) is 12.5 Å². The van der Waals surface area contributed by atoms with Gasteiger partial charge in [0, 0.05) is 7.05 Å². The molecule has 0 bridgehead atoms. The van der Waals surface area contributed by atoms with Gasteiger partial charge in [-0.2, -0.15) is 5.10 Å². The van der Waals surface area contributed by atoms with E-state index in [9.17, 15) is 5.11 Å². The predicted octanol–water partition coefficient (Wildman–Crippen LogP) is 1.51. The summed E-state index contributed by atoms with van der Waals surface area (Å²) in [6.45, 7) is 5.93. The molecular formula is C10H18N2O2. The molecule has 0 saturated heterocycles. The molecule has 4 nitrogen and oxygen atoms in total. The normalized spacial score (nSPS) is 14.1. The summed E-state index contributed by atoms with van der Waals surface area (Å²) in [4.78, 5) is 0. The SMILES string of the molecule is COc1cnn(C)c1C(O)C(C)(C)C. The number of ether oxygens (including phenoxy) is 1. The minimum Gasteiger partial charge on any atom is -0.493 e. The first-order chi connectivity index (χ1) is 6.38. The molecule has 1 aromatic rings. The molecule has 0 fully saturated rings. The van der Waals surface area contributed by atoms with Crippen LogP contribution in [0.4, 0.5) is 0 Å². The number of methoxy groups -OCH3 is 1. The van der Waals surface area contributed by atoms with E-state index in [-0.39, 0.29) is 5.41 Å². The average molecular weight is 198 g/mol. The lowest BCUT2D eigenvalue weighted by molar-refractivity contribution is 0.0533. The van der Waals surface area contributed by atoms with Gasteiger partial charge in [-0.05, 0) is 5.41 Å². The van der Waals surface area contributed by atoms with Crippen molar-refractivity contribution in [1.82, 2.24) is 9.78 Å². The largest absolute Gasteiger partial charge is 0.493 e. The van der Waals surface area contributed by atoms with Crippen LogP contribution in [-0.2, 0) is 7.05 Å². The Kier molecular flexibility index (Phi) is 2.85. The summed E-state index contributed by atoms with van der Waals surface area (Å²) in [6, 6.07) is 0. The van der Waals surface area contributed by atoms with E-state index in [2.05, 4.69) is 5.10 Å². The molecule has 1 aromatic heterocycles. The highest BCUT2D eigenvalue weighted by Gasteiger charge is 2.29. The van der Waals surface area contributed by atoms with E-state index >= 15 is 0 Å². The van der Waals surface area contributed by atoms with Crippen molar-refractivity contribution < 1.29 is 9.84 Å². The van der Waals surface area contributed by atoms with E-state index < -0.39 is 6.10 Å². The van der Waals surface area contributed by atoms with Gasteiger partial charge in [0.25, 0.3) is 0 Å². The maximum Gasteiger partial charge on any atom is 0.162 e. The smallest absolute Gasteiger partial charge is 0.162 e. The molecule has 4 heteroatoms. The van der Waals surface area contributed by atoms with Gasteiger partial charge in [-0.25, -0.2) is 0 Å². The molecule has 0 amide bonds. The Morgan fingerprint density at radius 1 is 1.50 bits per heavy atom. The summed E-state index contributed by atoms with van der Waals surface area (Å²) < 4.78 is 6.79. The molecule has 0 aromatic carbocycles. The highest BCUT2D eigenvalue weighted by atomic mass is 16.5. The van der Waals surface area contributed by atoms with Crippen molar-refractivity contribution in [2.75, 3.05) is 7.11 Å². The Labute approximate surface area is 84.5 Å². The zero-order valence-corrected chi connectivity index (χ0v) is 9.40. The van der Waals surface area contributed by atoms with Gasteiger partial charge in [0.15, 0.2) is 5.75 Å². The van der Waals surface area contributed by atoms with E-state index in [0.29, 0.717) is 5.75 Å². The van der Waals surface area contributed by atoms with Crippen LogP contribution in [-0.4, -0.2) is 22.0 Å². The summed E-state index contributed by atoms with van der Waals surface area (Å²) in [5.74, 6) is 0.634. The van der Waals surface area contributed by atoms with Crippen LogP contribution in [0, 0.1) is 5.41 Å². The van der Waals surface area contributed by atoms with E-state index in [0.717, 1.165) is 5.69 Å². The zero-order chi connectivity index (χ0) is 10.9. The lowest BCUT2D eigenvalue weighted by atomic mass is 9.87.